The predicted octanol–water partition coefficient (Wildman–Crippen LogP) is 3.30. The van der Waals surface area contributed by atoms with E-state index < -0.39 is 11.6 Å². The molecular weight excluding hydrogens is 244 g/mol. The molecule has 0 radical (unpaired) electrons. The van der Waals surface area contributed by atoms with Gasteiger partial charge in [0, 0.05) is 25.9 Å². The fourth-order valence-corrected chi connectivity index (χ4v) is 4.81. The Labute approximate surface area is 114 Å². The molecule has 2 spiro atoms. The number of hydrogen-bond acceptors (Lipinski definition) is 4. The van der Waals surface area contributed by atoms with Crippen molar-refractivity contribution in [1.82, 2.24) is 0 Å². The van der Waals surface area contributed by atoms with Crippen molar-refractivity contribution in [2.24, 2.45) is 5.92 Å². The van der Waals surface area contributed by atoms with Crippen LogP contribution in [0.5, 0.6) is 0 Å². The maximum absolute atomic E-state index is 6.63. The van der Waals surface area contributed by atoms with Crippen LogP contribution in [0.3, 0.4) is 0 Å². The first-order valence-corrected chi connectivity index (χ1v) is 7.86. The third-order valence-electron chi connectivity index (χ3n) is 5.89. The first-order chi connectivity index (χ1) is 9.24. The topological polar surface area (TPSA) is 36.9 Å². The molecule has 19 heavy (non-hydrogen) atoms. The lowest BCUT2D eigenvalue weighted by molar-refractivity contribution is -0.612. The molecule has 0 aromatic heterocycles. The average Bonchev–Trinajstić information content (AvgIpc) is 2.46. The Balaban J connectivity index is 1.71. The second-order valence-corrected chi connectivity index (χ2v) is 6.72. The fraction of sp³-hybridized carbons (Fsp3) is 1.00. The summed E-state index contributed by atoms with van der Waals surface area (Å²) in [7, 11) is 1.73. The molecule has 4 heteroatoms. The van der Waals surface area contributed by atoms with Gasteiger partial charge in [-0.2, -0.15) is 9.78 Å². The molecule has 0 aromatic rings. The monoisotopic (exact) mass is 268 g/mol. The van der Waals surface area contributed by atoms with Crippen molar-refractivity contribution in [3.8, 4) is 0 Å². The molecule has 108 valence electrons. The molecule has 2 bridgehead atoms. The average molecular weight is 268 g/mol. The molecule has 2 heterocycles. The van der Waals surface area contributed by atoms with E-state index in [2.05, 4.69) is 0 Å². The van der Waals surface area contributed by atoms with Crippen molar-refractivity contribution in [1.29, 1.82) is 0 Å². The third kappa shape index (κ3) is 1.54. The molecule has 4 nitrogen and oxygen atoms in total. The molecule has 4 rings (SSSR count). The molecule has 2 aliphatic carbocycles. The summed E-state index contributed by atoms with van der Waals surface area (Å²) < 4.78 is 12.4. The molecule has 2 saturated heterocycles. The van der Waals surface area contributed by atoms with Crippen LogP contribution >= 0.6 is 0 Å². The largest absolute Gasteiger partial charge is 0.348 e. The standard InChI is InChI=1S/C15H24O4/c1-16-15-10-5-4-8-13(15)11-7-12-6-2-3-9-14(12,17-13)18-19-15/h12H,2-11H2,1H3/t12-,13-,14-,15-/m0/s1. The summed E-state index contributed by atoms with van der Waals surface area (Å²) in [5.74, 6) is -0.641. The molecule has 0 aromatic carbocycles. The molecule has 0 amide bonds. The first-order valence-electron chi connectivity index (χ1n) is 7.86. The van der Waals surface area contributed by atoms with E-state index in [9.17, 15) is 0 Å². The Morgan fingerprint density at radius 3 is 2.63 bits per heavy atom. The predicted molar refractivity (Wildman–Crippen MR) is 68.1 cm³/mol. The van der Waals surface area contributed by atoms with Crippen LogP contribution in [-0.4, -0.2) is 24.3 Å². The second-order valence-electron chi connectivity index (χ2n) is 6.72. The zero-order valence-corrected chi connectivity index (χ0v) is 11.8. The summed E-state index contributed by atoms with van der Waals surface area (Å²) in [4.78, 5) is 11.7. The second kappa shape index (κ2) is 4.17. The Bertz CT molecular complexity index is 373. The molecule has 4 atom stereocenters. The van der Waals surface area contributed by atoms with Crippen LogP contribution < -0.4 is 0 Å². The normalized spacial score (nSPS) is 53.2. The van der Waals surface area contributed by atoms with Crippen LogP contribution in [0, 0.1) is 5.92 Å². The van der Waals surface area contributed by atoms with Crippen molar-refractivity contribution in [2.45, 2.75) is 81.4 Å². The third-order valence-corrected chi connectivity index (χ3v) is 5.89. The van der Waals surface area contributed by atoms with Gasteiger partial charge in [-0.1, -0.05) is 12.8 Å². The van der Waals surface area contributed by atoms with Crippen molar-refractivity contribution < 1.29 is 19.2 Å². The highest BCUT2D eigenvalue weighted by atomic mass is 17.3. The highest BCUT2D eigenvalue weighted by molar-refractivity contribution is 5.07. The van der Waals surface area contributed by atoms with Gasteiger partial charge in [-0.15, -0.1) is 0 Å². The fourth-order valence-electron chi connectivity index (χ4n) is 4.81. The van der Waals surface area contributed by atoms with Gasteiger partial charge in [0.2, 0.25) is 11.6 Å². The summed E-state index contributed by atoms with van der Waals surface area (Å²) >= 11 is 0. The van der Waals surface area contributed by atoms with E-state index in [1.165, 1.54) is 32.1 Å². The van der Waals surface area contributed by atoms with Crippen LogP contribution in [0.4, 0.5) is 0 Å². The van der Waals surface area contributed by atoms with E-state index in [4.69, 9.17) is 19.2 Å². The summed E-state index contributed by atoms with van der Waals surface area (Å²) in [5.41, 5.74) is -0.272. The first kappa shape index (κ1) is 12.6. The van der Waals surface area contributed by atoms with Crippen LogP contribution in [0.1, 0.15) is 64.2 Å². The van der Waals surface area contributed by atoms with E-state index in [-0.39, 0.29) is 5.60 Å². The summed E-state index contributed by atoms with van der Waals surface area (Å²) in [6.45, 7) is 0. The van der Waals surface area contributed by atoms with E-state index in [0.29, 0.717) is 5.92 Å². The Kier molecular flexibility index (Phi) is 2.76. The van der Waals surface area contributed by atoms with E-state index in [1.807, 2.05) is 0 Å². The van der Waals surface area contributed by atoms with Gasteiger partial charge in [0.05, 0.1) is 0 Å². The van der Waals surface area contributed by atoms with Gasteiger partial charge in [-0.05, 0) is 38.5 Å². The van der Waals surface area contributed by atoms with Gasteiger partial charge in [0.1, 0.15) is 5.60 Å². The number of rotatable bonds is 1. The molecule has 0 unspecified atom stereocenters. The van der Waals surface area contributed by atoms with Gasteiger partial charge in [0.15, 0.2) is 0 Å². The van der Waals surface area contributed by atoms with E-state index in [0.717, 1.165) is 32.1 Å². The zero-order valence-electron chi connectivity index (χ0n) is 11.8. The highest BCUT2D eigenvalue weighted by Crippen LogP contribution is 2.59. The SMILES string of the molecule is CO[C@]12CCCC[C@]13CC[C@@H]1CCCC[C@@]1(OO2)O3. The van der Waals surface area contributed by atoms with Crippen molar-refractivity contribution >= 4 is 0 Å². The Morgan fingerprint density at radius 1 is 0.895 bits per heavy atom. The maximum atomic E-state index is 6.63. The highest BCUT2D eigenvalue weighted by Gasteiger charge is 2.68. The number of hydrogen-bond donors (Lipinski definition) is 0. The zero-order chi connectivity index (χ0) is 13.0. The minimum atomic E-state index is -0.668. The molecule has 4 fully saturated rings. The van der Waals surface area contributed by atoms with Gasteiger partial charge < -0.3 is 9.47 Å². The molecule has 2 aliphatic heterocycles. The van der Waals surface area contributed by atoms with Crippen LogP contribution in [0.2, 0.25) is 0 Å². The molecular formula is C15H24O4. The van der Waals surface area contributed by atoms with Crippen LogP contribution in [0.15, 0.2) is 0 Å². The van der Waals surface area contributed by atoms with Crippen LogP contribution in [-0.2, 0) is 19.2 Å². The van der Waals surface area contributed by atoms with Gasteiger partial charge in [0.25, 0.3) is 0 Å². The number of methoxy groups -OCH3 is 1. The Morgan fingerprint density at radius 2 is 1.74 bits per heavy atom. The summed E-state index contributed by atoms with van der Waals surface area (Å²) in [5, 5.41) is 0. The minimum absolute atomic E-state index is 0.272. The van der Waals surface area contributed by atoms with Gasteiger partial charge in [-0.25, -0.2) is 0 Å². The number of ether oxygens (including phenoxy) is 2. The lowest BCUT2D eigenvalue weighted by Crippen LogP contribution is -2.72. The van der Waals surface area contributed by atoms with E-state index >= 15 is 0 Å². The minimum Gasteiger partial charge on any atom is -0.348 e. The van der Waals surface area contributed by atoms with Crippen molar-refractivity contribution in [2.75, 3.05) is 7.11 Å². The van der Waals surface area contributed by atoms with E-state index in [1.54, 1.807) is 7.11 Å². The summed E-state index contributed by atoms with van der Waals surface area (Å²) in [6, 6.07) is 0. The lowest BCUT2D eigenvalue weighted by Gasteiger charge is -2.63. The molecule has 0 N–H and O–H groups in total. The quantitative estimate of drug-likeness (QED) is 0.684. The van der Waals surface area contributed by atoms with Crippen molar-refractivity contribution in [3.63, 3.8) is 0 Å². The Hall–Kier alpha value is -0.160. The van der Waals surface area contributed by atoms with Gasteiger partial charge >= 0.3 is 0 Å². The smallest absolute Gasteiger partial charge is 0.230 e. The molecule has 2 saturated carbocycles. The summed E-state index contributed by atoms with van der Waals surface area (Å²) in [6.07, 6.45) is 11.1. The van der Waals surface area contributed by atoms with Gasteiger partial charge in [-0.3, -0.25) is 0 Å². The lowest BCUT2D eigenvalue weighted by atomic mass is 9.68. The maximum Gasteiger partial charge on any atom is 0.230 e. The van der Waals surface area contributed by atoms with Crippen molar-refractivity contribution in [3.05, 3.63) is 0 Å². The van der Waals surface area contributed by atoms with Crippen LogP contribution in [0.25, 0.3) is 0 Å². The molecule has 4 aliphatic rings.